The first-order valence-electron chi connectivity index (χ1n) is 6.35. The molecular formula is C12H22N2O2S. The van der Waals surface area contributed by atoms with Crippen molar-refractivity contribution >= 4 is 17.7 Å². The normalized spacial score (nSPS) is 23.4. The summed E-state index contributed by atoms with van der Waals surface area (Å²) in [4.78, 5) is 16.2. The molecule has 2 heterocycles. The third-order valence-electron chi connectivity index (χ3n) is 3.45. The number of carbonyl (C=O) groups is 1. The van der Waals surface area contributed by atoms with Crippen molar-refractivity contribution in [2.45, 2.75) is 25.1 Å². The maximum Gasteiger partial charge on any atom is 0.225 e. The molecule has 0 aromatic rings. The van der Waals surface area contributed by atoms with Crippen LogP contribution in [0.15, 0.2) is 0 Å². The summed E-state index contributed by atoms with van der Waals surface area (Å²) in [5, 5.41) is 8.77. The number of thioether (sulfide) groups is 1. The highest BCUT2D eigenvalue weighted by Gasteiger charge is 2.52. The fourth-order valence-corrected chi connectivity index (χ4v) is 4.15. The highest BCUT2D eigenvalue weighted by atomic mass is 32.2. The molecule has 1 spiro atoms. The van der Waals surface area contributed by atoms with Crippen molar-refractivity contribution in [1.82, 2.24) is 9.80 Å². The van der Waals surface area contributed by atoms with Crippen molar-refractivity contribution in [3.8, 4) is 0 Å². The third kappa shape index (κ3) is 2.61. The molecule has 0 unspecified atom stereocenters. The summed E-state index contributed by atoms with van der Waals surface area (Å²) in [5.74, 6) is 1.94. The van der Waals surface area contributed by atoms with Crippen LogP contribution in [0.5, 0.6) is 0 Å². The minimum Gasteiger partial charge on any atom is -0.396 e. The second-order valence-corrected chi connectivity index (χ2v) is 6.81. The Balaban J connectivity index is 1.88. The van der Waals surface area contributed by atoms with E-state index < -0.39 is 0 Å². The van der Waals surface area contributed by atoms with Crippen LogP contribution in [0.4, 0.5) is 0 Å². The van der Waals surface area contributed by atoms with Gasteiger partial charge in [0.05, 0.1) is 19.7 Å². The van der Waals surface area contributed by atoms with Gasteiger partial charge < -0.3 is 10.0 Å². The number of nitrogens with zero attached hydrogens (tertiary/aromatic N) is 2. The lowest BCUT2D eigenvalue weighted by molar-refractivity contribution is -0.140. The first-order chi connectivity index (χ1) is 8.07. The van der Waals surface area contributed by atoms with Gasteiger partial charge in [-0.3, -0.25) is 9.69 Å². The summed E-state index contributed by atoms with van der Waals surface area (Å²) in [6.45, 7) is 8.38. The first-order valence-corrected chi connectivity index (χ1v) is 7.33. The smallest absolute Gasteiger partial charge is 0.225 e. The molecule has 0 aromatic heterocycles. The molecule has 98 valence electrons. The van der Waals surface area contributed by atoms with E-state index in [-0.39, 0.29) is 23.8 Å². The molecule has 1 N–H and O–H groups in total. The van der Waals surface area contributed by atoms with Gasteiger partial charge in [-0.2, -0.15) is 0 Å². The third-order valence-corrected chi connectivity index (χ3v) is 4.89. The van der Waals surface area contributed by atoms with E-state index >= 15 is 0 Å². The summed E-state index contributed by atoms with van der Waals surface area (Å²) in [7, 11) is 0. The second-order valence-electron chi connectivity index (χ2n) is 5.36. The van der Waals surface area contributed by atoms with Crippen molar-refractivity contribution in [2.75, 3.05) is 38.5 Å². The van der Waals surface area contributed by atoms with E-state index in [2.05, 4.69) is 18.7 Å². The van der Waals surface area contributed by atoms with Crippen LogP contribution in [-0.2, 0) is 4.79 Å². The summed E-state index contributed by atoms with van der Waals surface area (Å²) in [6, 6.07) is 0. The number of aliphatic hydroxyl groups is 1. The van der Waals surface area contributed by atoms with Gasteiger partial charge in [-0.15, -0.1) is 11.8 Å². The predicted octanol–water partition coefficient (Wildman–Crippen LogP) is 0.612. The van der Waals surface area contributed by atoms with Crippen LogP contribution < -0.4 is 0 Å². The zero-order valence-corrected chi connectivity index (χ0v) is 11.5. The van der Waals surface area contributed by atoms with Gasteiger partial charge in [0, 0.05) is 25.3 Å². The Morgan fingerprint density at radius 1 is 1.47 bits per heavy atom. The van der Waals surface area contributed by atoms with E-state index in [1.54, 1.807) is 0 Å². The monoisotopic (exact) mass is 258 g/mol. The number of hydrogen-bond donors (Lipinski definition) is 1. The van der Waals surface area contributed by atoms with Crippen molar-refractivity contribution < 1.29 is 9.90 Å². The van der Waals surface area contributed by atoms with Crippen LogP contribution in [-0.4, -0.2) is 64.2 Å². The van der Waals surface area contributed by atoms with Crippen LogP contribution in [0.3, 0.4) is 0 Å². The summed E-state index contributed by atoms with van der Waals surface area (Å²) >= 11 is 1.99. The second kappa shape index (κ2) is 5.16. The van der Waals surface area contributed by atoms with E-state index in [9.17, 15) is 4.79 Å². The molecule has 17 heavy (non-hydrogen) atoms. The lowest BCUT2D eigenvalue weighted by Crippen LogP contribution is -2.67. The molecule has 2 rings (SSSR count). The van der Waals surface area contributed by atoms with Gasteiger partial charge in [0.1, 0.15) is 4.87 Å². The Morgan fingerprint density at radius 2 is 2.18 bits per heavy atom. The highest BCUT2D eigenvalue weighted by molar-refractivity contribution is 8.01. The molecule has 2 aliphatic heterocycles. The van der Waals surface area contributed by atoms with E-state index in [1.807, 2.05) is 16.7 Å². The molecule has 2 saturated heterocycles. The van der Waals surface area contributed by atoms with Gasteiger partial charge in [-0.1, -0.05) is 13.8 Å². The van der Waals surface area contributed by atoms with Gasteiger partial charge in [0.25, 0.3) is 0 Å². The maximum atomic E-state index is 11.6. The van der Waals surface area contributed by atoms with Gasteiger partial charge in [0.15, 0.2) is 0 Å². The lowest BCUT2D eigenvalue weighted by Gasteiger charge is -2.52. The molecule has 0 radical (unpaired) electrons. The van der Waals surface area contributed by atoms with E-state index in [1.165, 1.54) is 5.75 Å². The lowest BCUT2D eigenvalue weighted by atomic mass is 10.0. The Hall–Kier alpha value is -0.260. The molecule has 0 atom stereocenters. The zero-order chi connectivity index (χ0) is 12.5. The summed E-state index contributed by atoms with van der Waals surface area (Å²) in [5.41, 5.74) is 0. The number of hydrogen-bond acceptors (Lipinski definition) is 4. The molecule has 0 saturated carbocycles. The number of aliphatic hydroxyl groups excluding tert-OH is 1. The molecule has 2 aliphatic rings. The molecule has 1 amide bonds. The number of carbonyl (C=O) groups excluding carboxylic acids is 1. The molecule has 0 aliphatic carbocycles. The zero-order valence-electron chi connectivity index (χ0n) is 10.7. The van der Waals surface area contributed by atoms with Gasteiger partial charge in [-0.05, 0) is 5.92 Å². The standard InChI is InChI=1S/C12H22N2O2S/c1-10(2)7-14-4-6-17-12(14)8-13(9-12)11(16)3-5-15/h10,15H,3-9H2,1-2H3. The predicted molar refractivity (Wildman–Crippen MR) is 69.9 cm³/mol. The van der Waals surface area contributed by atoms with Gasteiger partial charge in [0.2, 0.25) is 5.91 Å². The summed E-state index contributed by atoms with van der Waals surface area (Å²) < 4.78 is 0. The van der Waals surface area contributed by atoms with E-state index in [0.717, 1.165) is 26.2 Å². The van der Waals surface area contributed by atoms with Crippen LogP contribution >= 0.6 is 11.8 Å². The Labute approximate surface area is 107 Å². The Morgan fingerprint density at radius 3 is 2.76 bits per heavy atom. The average Bonchev–Trinajstić information content (AvgIpc) is 2.58. The minimum absolute atomic E-state index is 0.0365. The van der Waals surface area contributed by atoms with Crippen molar-refractivity contribution in [3.05, 3.63) is 0 Å². The average molecular weight is 258 g/mol. The minimum atomic E-state index is -0.0365. The molecule has 0 aromatic carbocycles. The molecule has 5 heteroatoms. The number of amides is 1. The van der Waals surface area contributed by atoms with Crippen molar-refractivity contribution in [2.24, 2.45) is 5.92 Å². The highest BCUT2D eigenvalue weighted by Crippen LogP contribution is 2.43. The fourth-order valence-electron chi connectivity index (χ4n) is 2.61. The number of likely N-dealkylation sites (tertiary alicyclic amines) is 1. The molecule has 4 nitrogen and oxygen atoms in total. The molecule has 0 bridgehead atoms. The topological polar surface area (TPSA) is 43.8 Å². The van der Waals surface area contributed by atoms with Crippen molar-refractivity contribution in [3.63, 3.8) is 0 Å². The van der Waals surface area contributed by atoms with Crippen LogP contribution in [0, 0.1) is 5.92 Å². The Kier molecular flexibility index (Phi) is 4.00. The number of rotatable bonds is 4. The van der Waals surface area contributed by atoms with E-state index in [0.29, 0.717) is 5.92 Å². The van der Waals surface area contributed by atoms with Gasteiger partial charge >= 0.3 is 0 Å². The molecular weight excluding hydrogens is 236 g/mol. The van der Waals surface area contributed by atoms with Crippen LogP contribution in [0.25, 0.3) is 0 Å². The van der Waals surface area contributed by atoms with Crippen molar-refractivity contribution in [1.29, 1.82) is 0 Å². The van der Waals surface area contributed by atoms with Crippen LogP contribution in [0.2, 0.25) is 0 Å². The SMILES string of the molecule is CC(C)CN1CCSC12CN(C(=O)CCO)C2. The quantitative estimate of drug-likeness (QED) is 0.802. The fraction of sp³-hybridized carbons (Fsp3) is 0.917. The van der Waals surface area contributed by atoms with Crippen LogP contribution in [0.1, 0.15) is 20.3 Å². The first kappa shape index (κ1) is 13.2. The summed E-state index contributed by atoms with van der Waals surface area (Å²) in [6.07, 6.45) is 0.269. The molecule has 2 fully saturated rings. The Bertz CT molecular complexity index is 290. The maximum absolute atomic E-state index is 11.6. The largest absolute Gasteiger partial charge is 0.396 e. The van der Waals surface area contributed by atoms with E-state index in [4.69, 9.17) is 5.11 Å². The van der Waals surface area contributed by atoms with Gasteiger partial charge in [-0.25, -0.2) is 0 Å².